The van der Waals surface area contributed by atoms with Crippen molar-refractivity contribution in [2.24, 2.45) is 0 Å². The van der Waals surface area contributed by atoms with Crippen molar-refractivity contribution in [2.75, 3.05) is 13.1 Å². The van der Waals surface area contributed by atoms with Crippen LogP contribution >= 0.6 is 0 Å². The molecular formula is C7H11N3. The standard InChI is InChI=1S/C7H11N3/c1-2-4-8-7-5-9-10-6(7)3-1/h1-3,7-10H,4-5H2. The third kappa shape index (κ3) is 0.936. The van der Waals surface area contributed by atoms with Crippen molar-refractivity contribution in [1.82, 2.24) is 16.2 Å². The molecule has 1 atom stereocenters. The average Bonchev–Trinajstić information content (AvgIpc) is 2.28. The Kier molecular flexibility index (Phi) is 1.45. The average molecular weight is 137 g/mol. The molecule has 0 aromatic heterocycles. The van der Waals surface area contributed by atoms with Gasteiger partial charge in [0.05, 0.1) is 6.04 Å². The fourth-order valence-electron chi connectivity index (χ4n) is 1.24. The zero-order valence-corrected chi connectivity index (χ0v) is 5.72. The fraction of sp³-hybridized carbons (Fsp3) is 0.429. The Morgan fingerprint density at radius 2 is 2.50 bits per heavy atom. The molecule has 2 heterocycles. The highest BCUT2D eigenvalue weighted by Gasteiger charge is 2.18. The second-order valence-electron chi connectivity index (χ2n) is 2.52. The van der Waals surface area contributed by atoms with Crippen LogP contribution in [0.5, 0.6) is 0 Å². The predicted octanol–water partition coefficient (Wildman–Crippen LogP) is -0.494. The van der Waals surface area contributed by atoms with Gasteiger partial charge in [0.2, 0.25) is 0 Å². The monoisotopic (exact) mass is 137 g/mol. The summed E-state index contributed by atoms with van der Waals surface area (Å²) in [6.07, 6.45) is 6.29. The van der Waals surface area contributed by atoms with E-state index in [1.807, 2.05) is 0 Å². The molecule has 3 heteroatoms. The van der Waals surface area contributed by atoms with Gasteiger partial charge in [-0.1, -0.05) is 12.2 Å². The number of nitrogens with one attached hydrogen (secondary N) is 3. The number of fused-ring (bicyclic) bond motifs is 1. The number of rotatable bonds is 0. The molecule has 1 saturated heterocycles. The largest absolute Gasteiger partial charge is 0.324 e. The summed E-state index contributed by atoms with van der Waals surface area (Å²) in [4.78, 5) is 0. The summed E-state index contributed by atoms with van der Waals surface area (Å²) in [5.74, 6) is 0. The topological polar surface area (TPSA) is 36.1 Å². The zero-order valence-electron chi connectivity index (χ0n) is 5.72. The normalized spacial score (nSPS) is 30.4. The molecule has 2 aliphatic rings. The maximum absolute atomic E-state index is 3.36. The molecule has 0 aromatic rings. The van der Waals surface area contributed by atoms with Gasteiger partial charge in [-0.25, -0.2) is 5.43 Å². The molecule has 54 valence electrons. The van der Waals surface area contributed by atoms with Crippen LogP contribution in [0, 0.1) is 0 Å². The van der Waals surface area contributed by atoms with Crippen LogP contribution < -0.4 is 16.2 Å². The molecule has 0 aliphatic carbocycles. The summed E-state index contributed by atoms with van der Waals surface area (Å²) in [5, 5.41) is 3.36. The van der Waals surface area contributed by atoms with Crippen LogP contribution in [0.15, 0.2) is 23.9 Å². The summed E-state index contributed by atoms with van der Waals surface area (Å²) < 4.78 is 0. The van der Waals surface area contributed by atoms with E-state index in [1.165, 1.54) is 5.70 Å². The van der Waals surface area contributed by atoms with Crippen LogP contribution in [0.2, 0.25) is 0 Å². The molecule has 2 rings (SSSR count). The van der Waals surface area contributed by atoms with Crippen LogP contribution in [0.3, 0.4) is 0 Å². The molecule has 0 aromatic carbocycles. The highest BCUT2D eigenvalue weighted by molar-refractivity contribution is 5.22. The van der Waals surface area contributed by atoms with Crippen molar-refractivity contribution in [1.29, 1.82) is 0 Å². The highest BCUT2D eigenvalue weighted by atomic mass is 15.4. The van der Waals surface area contributed by atoms with Crippen molar-refractivity contribution < 1.29 is 0 Å². The van der Waals surface area contributed by atoms with Gasteiger partial charge in [-0.3, -0.25) is 0 Å². The molecule has 1 unspecified atom stereocenters. The molecule has 3 N–H and O–H groups in total. The predicted molar refractivity (Wildman–Crippen MR) is 40.2 cm³/mol. The Balaban J connectivity index is 2.18. The molecule has 10 heavy (non-hydrogen) atoms. The Morgan fingerprint density at radius 3 is 3.50 bits per heavy atom. The van der Waals surface area contributed by atoms with Crippen LogP contribution in [0.25, 0.3) is 0 Å². The Morgan fingerprint density at radius 1 is 1.50 bits per heavy atom. The van der Waals surface area contributed by atoms with Crippen molar-refractivity contribution in [3.8, 4) is 0 Å². The Labute approximate surface area is 60.2 Å². The van der Waals surface area contributed by atoms with Gasteiger partial charge in [0.1, 0.15) is 0 Å². The minimum Gasteiger partial charge on any atom is -0.324 e. The van der Waals surface area contributed by atoms with E-state index in [4.69, 9.17) is 0 Å². The summed E-state index contributed by atoms with van der Waals surface area (Å²) >= 11 is 0. The van der Waals surface area contributed by atoms with E-state index < -0.39 is 0 Å². The smallest absolute Gasteiger partial charge is 0.0630 e. The van der Waals surface area contributed by atoms with E-state index in [9.17, 15) is 0 Å². The third-order valence-corrected chi connectivity index (χ3v) is 1.81. The van der Waals surface area contributed by atoms with Crippen molar-refractivity contribution >= 4 is 0 Å². The first-order valence-electron chi connectivity index (χ1n) is 3.56. The molecule has 0 amide bonds. The van der Waals surface area contributed by atoms with Crippen molar-refractivity contribution in [3.05, 3.63) is 23.9 Å². The van der Waals surface area contributed by atoms with E-state index in [1.54, 1.807) is 0 Å². The summed E-state index contributed by atoms with van der Waals surface area (Å²) in [6, 6.07) is 0.481. The molecule has 0 radical (unpaired) electrons. The van der Waals surface area contributed by atoms with E-state index in [2.05, 4.69) is 34.4 Å². The lowest BCUT2D eigenvalue weighted by atomic mass is 10.2. The van der Waals surface area contributed by atoms with Gasteiger partial charge in [0.15, 0.2) is 0 Å². The van der Waals surface area contributed by atoms with Gasteiger partial charge in [-0.15, -0.1) is 0 Å². The van der Waals surface area contributed by atoms with Gasteiger partial charge in [-0.2, -0.15) is 0 Å². The highest BCUT2D eigenvalue weighted by Crippen LogP contribution is 2.04. The second-order valence-corrected chi connectivity index (χ2v) is 2.52. The van der Waals surface area contributed by atoms with Crippen LogP contribution in [-0.4, -0.2) is 19.1 Å². The van der Waals surface area contributed by atoms with E-state index in [0.29, 0.717) is 6.04 Å². The van der Waals surface area contributed by atoms with Gasteiger partial charge in [0.25, 0.3) is 0 Å². The number of hydrogen-bond donors (Lipinski definition) is 3. The van der Waals surface area contributed by atoms with Crippen molar-refractivity contribution in [2.45, 2.75) is 6.04 Å². The minimum atomic E-state index is 0.481. The summed E-state index contributed by atoms with van der Waals surface area (Å²) in [5.41, 5.74) is 7.42. The molecule has 0 bridgehead atoms. The van der Waals surface area contributed by atoms with Gasteiger partial charge < -0.3 is 10.7 Å². The number of hydrogen-bond acceptors (Lipinski definition) is 3. The van der Waals surface area contributed by atoms with Crippen LogP contribution in [0.1, 0.15) is 0 Å². The quantitative estimate of drug-likeness (QED) is 0.421. The zero-order chi connectivity index (χ0) is 6.81. The molecular weight excluding hydrogens is 126 g/mol. The molecule has 1 fully saturated rings. The van der Waals surface area contributed by atoms with E-state index in [0.717, 1.165) is 13.1 Å². The third-order valence-electron chi connectivity index (χ3n) is 1.81. The molecule has 0 saturated carbocycles. The van der Waals surface area contributed by atoms with Crippen LogP contribution in [-0.2, 0) is 0 Å². The second kappa shape index (κ2) is 2.44. The Bertz CT molecular complexity index is 183. The lowest BCUT2D eigenvalue weighted by Gasteiger charge is -2.07. The van der Waals surface area contributed by atoms with Crippen molar-refractivity contribution in [3.63, 3.8) is 0 Å². The first kappa shape index (κ1) is 5.95. The summed E-state index contributed by atoms with van der Waals surface area (Å²) in [6.45, 7) is 1.95. The van der Waals surface area contributed by atoms with Crippen LogP contribution in [0.4, 0.5) is 0 Å². The first-order valence-corrected chi connectivity index (χ1v) is 3.56. The number of allylic oxidation sites excluding steroid dienone is 2. The van der Waals surface area contributed by atoms with E-state index in [-0.39, 0.29) is 0 Å². The molecule has 3 nitrogen and oxygen atoms in total. The van der Waals surface area contributed by atoms with Gasteiger partial charge in [0, 0.05) is 18.8 Å². The first-order chi connectivity index (χ1) is 4.97. The molecule has 2 aliphatic heterocycles. The van der Waals surface area contributed by atoms with E-state index >= 15 is 0 Å². The van der Waals surface area contributed by atoms with Gasteiger partial charge >= 0.3 is 0 Å². The number of hydrazine groups is 1. The molecule has 0 spiro atoms. The Hall–Kier alpha value is -0.800. The lowest BCUT2D eigenvalue weighted by Crippen LogP contribution is -2.31. The summed E-state index contributed by atoms with van der Waals surface area (Å²) in [7, 11) is 0. The maximum Gasteiger partial charge on any atom is 0.0630 e. The SMILES string of the molecule is C1=CCNC2CNNC2=C1. The lowest BCUT2D eigenvalue weighted by molar-refractivity contribution is 0.634. The fourth-order valence-corrected chi connectivity index (χ4v) is 1.24. The maximum atomic E-state index is 3.36. The van der Waals surface area contributed by atoms with Gasteiger partial charge in [-0.05, 0) is 6.08 Å². The minimum absolute atomic E-state index is 0.481.